The van der Waals surface area contributed by atoms with E-state index >= 15 is 0 Å². The van der Waals surface area contributed by atoms with Crippen LogP contribution in [0.1, 0.15) is 36.2 Å². The van der Waals surface area contributed by atoms with Crippen molar-refractivity contribution in [3.8, 4) is 16.9 Å². The van der Waals surface area contributed by atoms with Crippen LogP contribution in [0.2, 0.25) is 0 Å². The van der Waals surface area contributed by atoms with Gasteiger partial charge in [-0.1, -0.05) is 73.6 Å². The van der Waals surface area contributed by atoms with E-state index in [0.717, 1.165) is 42.1 Å². The van der Waals surface area contributed by atoms with Crippen LogP contribution in [-0.4, -0.2) is 73.2 Å². The number of likely N-dealkylation sites (tertiary alicyclic amines) is 1. The third-order valence-corrected chi connectivity index (χ3v) is 7.17. The molecule has 0 aromatic heterocycles. The number of hydrogen-bond donors (Lipinski definition) is 1. The van der Waals surface area contributed by atoms with Gasteiger partial charge in [0, 0.05) is 25.1 Å². The van der Waals surface area contributed by atoms with Crippen LogP contribution >= 0.6 is 0 Å². The number of methoxy groups -OCH3 is 1. The summed E-state index contributed by atoms with van der Waals surface area (Å²) in [5.74, 6) is 0.386. The number of oxime groups is 1. The first kappa shape index (κ1) is 28.8. The Bertz CT molecular complexity index is 1270. The molecule has 2 amide bonds. The number of nitrogens with one attached hydrogen (secondary N) is 1. The van der Waals surface area contributed by atoms with Gasteiger partial charge in [0.1, 0.15) is 18.4 Å². The number of hydrogen-bond acceptors (Lipinski definition) is 6. The molecule has 1 aliphatic heterocycles. The van der Waals surface area contributed by atoms with Crippen LogP contribution in [-0.2, 0) is 16.2 Å². The molecule has 8 heteroatoms. The summed E-state index contributed by atoms with van der Waals surface area (Å²) >= 11 is 0. The van der Waals surface area contributed by atoms with Gasteiger partial charge in [-0.3, -0.25) is 9.59 Å². The van der Waals surface area contributed by atoms with Gasteiger partial charge in [0.05, 0.1) is 19.4 Å². The Balaban J connectivity index is 1.46. The fourth-order valence-electron chi connectivity index (χ4n) is 4.73. The molecule has 3 aromatic rings. The maximum atomic E-state index is 13.6. The van der Waals surface area contributed by atoms with Crippen molar-refractivity contribution in [3.05, 3.63) is 90.0 Å². The molecule has 1 unspecified atom stereocenters. The first-order valence-electron chi connectivity index (χ1n) is 13.8. The summed E-state index contributed by atoms with van der Waals surface area (Å²) in [6.07, 6.45) is 0.327. The van der Waals surface area contributed by atoms with E-state index in [2.05, 4.69) is 29.2 Å². The Kier molecular flexibility index (Phi) is 10.3. The first-order valence-corrected chi connectivity index (χ1v) is 13.8. The number of benzene rings is 3. The Morgan fingerprint density at radius 3 is 2.27 bits per heavy atom. The molecule has 0 bridgehead atoms. The van der Waals surface area contributed by atoms with Crippen molar-refractivity contribution >= 4 is 17.5 Å². The summed E-state index contributed by atoms with van der Waals surface area (Å²) in [6, 6.07) is 24.4. The van der Waals surface area contributed by atoms with Gasteiger partial charge in [-0.05, 0) is 54.0 Å². The van der Waals surface area contributed by atoms with Gasteiger partial charge < -0.3 is 24.7 Å². The van der Waals surface area contributed by atoms with Crippen LogP contribution in [0.3, 0.4) is 0 Å². The minimum Gasteiger partial charge on any atom is -0.497 e. The van der Waals surface area contributed by atoms with E-state index in [-0.39, 0.29) is 25.0 Å². The summed E-state index contributed by atoms with van der Waals surface area (Å²) in [4.78, 5) is 36.3. The van der Waals surface area contributed by atoms with Crippen LogP contribution in [0, 0.1) is 0 Å². The van der Waals surface area contributed by atoms with Crippen LogP contribution in [0.4, 0.5) is 0 Å². The van der Waals surface area contributed by atoms with Crippen molar-refractivity contribution in [2.24, 2.45) is 5.16 Å². The minimum atomic E-state index is -0.652. The lowest BCUT2D eigenvalue weighted by Gasteiger charge is -2.24. The quantitative estimate of drug-likeness (QED) is 0.338. The average Bonchev–Trinajstić information content (AvgIpc) is 3.44. The molecule has 1 saturated heterocycles. The standard InChI is InChI=1S/C32H38N4O4/c1-4-35(5-2)20-19-33-31(37)30-21-28(34-40-23-24-11-17-29(39-3)18-12-24)22-36(30)32(38)27-15-13-26(14-16-27)25-9-7-6-8-10-25/h6-18,30H,4-5,19-23H2,1-3H3,(H,33,37). The second-order valence-electron chi connectivity index (χ2n) is 9.69. The van der Waals surface area contributed by atoms with Gasteiger partial charge in [0.25, 0.3) is 5.91 Å². The molecule has 3 aromatic carbocycles. The van der Waals surface area contributed by atoms with Gasteiger partial charge in [-0.15, -0.1) is 0 Å². The zero-order valence-electron chi connectivity index (χ0n) is 23.5. The SMILES string of the molecule is CCN(CC)CCNC(=O)C1CC(=NOCc2ccc(OC)cc2)CN1C(=O)c1ccc(-c2ccccc2)cc1. The number of rotatable bonds is 12. The third-order valence-electron chi connectivity index (χ3n) is 7.17. The Morgan fingerprint density at radius 1 is 0.950 bits per heavy atom. The van der Waals surface area contributed by atoms with Crippen LogP contribution < -0.4 is 10.1 Å². The van der Waals surface area contributed by atoms with E-state index in [4.69, 9.17) is 9.57 Å². The predicted octanol–water partition coefficient (Wildman–Crippen LogP) is 4.61. The zero-order chi connectivity index (χ0) is 28.3. The maximum Gasteiger partial charge on any atom is 0.254 e. The number of ether oxygens (including phenoxy) is 1. The van der Waals surface area contributed by atoms with Crippen LogP contribution in [0.25, 0.3) is 11.1 Å². The van der Waals surface area contributed by atoms with Crippen molar-refractivity contribution in [2.45, 2.75) is 32.9 Å². The average molecular weight is 543 g/mol. The van der Waals surface area contributed by atoms with Gasteiger partial charge >= 0.3 is 0 Å². The summed E-state index contributed by atoms with van der Waals surface area (Å²) < 4.78 is 5.20. The highest BCUT2D eigenvalue weighted by molar-refractivity contribution is 6.05. The van der Waals surface area contributed by atoms with E-state index in [1.165, 1.54) is 0 Å². The molecule has 0 aliphatic carbocycles. The van der Waals surface area contributed by atoms with Crippen molar-refractivity contribution in [3.63, 3.8) is 0 Å². The fraction of sp³-hybridized carbons (Fsp3) is 0.344. The van der Waals surface area contributed by atoms with E-state index < -0.39 is 6.04 Å². The lowest BCUT2D eigenvalue weighted by Crippen LogP contribution is -2.47. The highest BCUT2D eigenvalue weighted by Crippen LogP contribution is 2.23. The zero-order valence-corrected chi connectivity index (χ0v) is 23.5. The molecule has 210 valence electrons. The topological polar surface area (TPSA) is 83.5 Å². The third kappa shape index (κ3) is 7.48. The largest absolute Gasteiger partial charge is 0.497 e. The van der Waals surface area contributed by atoms with Crippen LogP contribution in [0.5, 0.6) is 5.75 Å². The molecule has 0 spiro atoms. The molecule has 8 nitrogen and oxygen atoms in total. The van der Waals surface area contributed by atoms with Crippen LogP contribution in [0.15, 0.2) is 84.0 Å². The maximum absolute atomic E-state index is 13.6. The van der Waals surface area contributed by atoms with E-state index in [1.54, 1.807) is 12.0 Å². The van der Waals surface area contributed by atoms with Crippen molar-refractivity contribution in [1.82, 2.24) is 15.1 Å². The molecular formula is C32H38N4O4. The second kappa shape index (κ2) is 14.3. The highest BCUT2D eigenvalue weighted by Gasteiger charge is 2.38. The molecule has 1 heterocycles. The van der Waals surface area contributed by atoms with Crippen molar-refractivity contribution in [1.29, 1.82) is 0 Å². The minimum absolute atomic E-state index is 0.179. The van der Waals surface area contributed by atoms with E-state index in [9.17, 15) is 9.59 Å². The molecule has 4 rings (SSSR count). The van der Waals surface area contributed by atoms with Crippen molar-refractivity contribution in [2.75, 3.05) is 39.8 Å². The van der Waals surface area contributed by atoms with Gasteiger partial charge in [-0.2, -0.15) is 0 Å². The molecule has 1 aliphatic rings. The summed E-state index contributed by atoms with van der Waals surface area (Å²) in [5, 5.41) is 7.33. The second-order valence-corrected chi connectivity index (χ2v) is 9.69. The number of amides is 2. The molecule has 40 heavy (non-hydrogen) atoms. The Morgan fingerprint density at radius 2 is 1.62 bits per heavy atom. The molecule has 0 radical (unpaired) electrons. The molecular weight excluding hydrogens is 504 g/mol. The van der Waals surface area contributed by atoms with Gasteiger partial charge in [0.2, 0.25) is 5.91 Å². The summed E-state index contributed by atoms with van der Waals surface area (Å²) in [6.45, 7) is 7.82. The van der Waals surface area contributed by atoms with Gasteiger partial charge in [-0.25, -0.2) is 0 Å². The van der Waals surface area contributed by atoms with E-state index in [0.29, 0.717) is 24.2 Å². The lowest BCUT2D eigenvalue weighted by atomic mass is 10.0. The number of nitrogens with zero attached hydrogens (tertiary/aromatic N) is 3. The summed E-state index contributed by atoms with van der Waals surface area (Å²) in [7, 11) is 1.62. The van der Waals surface area contributed by atoms with Gasteiger partial charge in [0.15, 0.2) is 0 Å². The Hall–Kier alpha value is -4.17. The number of carbonyl (C=O) groups is 2. The number of likely N-dealkylation sites (N-methyl/N-ethyl adjacent to an activating group) is 1. The smallest absolute Gasteiger partial charge is 0.254 e. The monoisotopic (exact) mass is 542 g/mol. The lowest BCUT2D eigenvalue weighted by molar-refractivity contribution is -0.124. The highest BCUT2D eigenvalue weighted by atomic mass is 16.6. The molecule has 1 N–H and O–H groups in total. The summed E-state index contributed by atoms with van der Waals surface area (Å²) in [5.41, 5.74) is 4.24. The molecule has 1 fully saturated rings. The number of carbonyl (C=O) groups excluding carboxylic acids is 2. The molecule has 1 atom stereocenters. The normalized spacial score (nSPS) is 15.8. The fourth-order valence-corrected chi connectivity index (χ4v) is 4.73. The van der Waals surface area contributed by atoms with E-state index in [1.807, 2.05) is 78.9 Å². The molecule has 0 saturated carbocycles. The predicted molar refractivity (Wildman–Crippen MR) is 157 cm³/mol. The van der Waals surface area contributed by atoms with Crippen molar-refractivity contribution < 1.29 is 19.2 Å². The Labute approximate surface area is 236 Å². The first-order chi connectivity index (χ1) is 19.5.